The molecule has 0 aliphatic rings. The first-order valence-corrected chi connectivity index (χ1v) is 7.93. The molecule has 0 bridgehead atoms. The molecule has 0 amide bonds. The Bertz CT molecular complexity index is 713. The van der Waals surface area contributed by atoms with Gasteiger partial charge in [0, 0.05) is 4.91 Å². The van der Waals surface area contributed by atoms with Crippen LogP contribution >= 0.6 is 11.8 Å². The standard InChI is InChI=1S/C14H17N5S.C2H6/c1-4-6-7-9(5-2)20-13-8(3)10-11(15)17-14(16)19-12(10)18-13;1-2/h4-7H,2H2,1,3H3,(H5,15,16,17,18,19);1-2H3/b6-4-,9-7+;. The number of nitrogens with two attached hydrogens (primary N) is 2. The maximum Gasteiger partial charge on any atom is 0.223 e. The highest BCUT2D eigenvalue weighted by atomic mass is 32.2. The third kappa shape index (κ3) is 3.92. The highest BCUT2D eigenvalue weighted by molar-refractivity contribution is 8.03. The largest absolute Gasteiger partial charge is 0.383 e. The molecule has 0 aromatic carbocycles. The Hall–Kier alpha value is -2.21. The average molecular weight is 317 g/mol. The number of nitrogens with one attached hydrogen (secondary N) is 1. The van der Waals surface area contributed by atoms with Crippen molar-refractivity contribution in [3.8, 4) is 0 Å². The smallest absolute Gasteiger partial charge is 0.223 e. The Morgan fingerprint density at radius 3 is 2.55 bits per heavy atom. The highest BCUT2D eigenvalue weighted by Crippen LogP contribution is 2.35. The summed E-state index contributed by atoms with van der Waals surface area (Å²) in [5, 5.41) is 1.78. The van der Waals surface area contributed by atoms with Crippen LogP contribution in [0.1, 0.15) is 26.3 Å². The molecule has 0 saturated carbocycles. The molecule has 0 saturated heterocycles. The number of aryl methyl sites for hydroxylation is 1. The van der Waals surface area contributed by atoms with Gasteiger partial charge in [-0.15, -0.1) is 0 Å². The van der Waals surface area contributed by atoms with Crippen LogP contribution in [0.3, 0.4) is 0 Å². The van der Waals surface area contributed by atoms with Crippen molar-refractivity contribution < 1.29 is 0 Å². The molecular weight excluding hydrogens is 294 g/mol. The number of anilines is 2. The Labute approximate surface area is 135 Å². The monoisotopic (exact) mass is 317 g/mol. The van der Waals surface area contributed by atoms with Gasteiger partial charge in [0.05, 0.1) is 10.4 Å². The second-order valence-corrected chi connectivity index (χ2v) is 5.25. The van der Waals surface area contributed by atoms with Gasteiger partial charge < -0.3 is 16.5 Å². The third-order valence-corrected chi connectivity index (χ3v) is 3.93. The number of thioether (sulfide) groups is 1. The van der Waals surface area contributed by atoms with Gasteiger partial charge in [-0.3, -0.25) is 0 Å². The van der Waals surface area contributed by atoms with Gasteiger partial charge in [-0.2, -0.15) is 9.97 Å². The highest BCUT2D eigenvalue weighted by Gasteiger charge is 2.14. The number of aromatic nitrogens is 3. The van der Waals surface area contributed by atoms with E-state index in [0.29, 0.717) is 11.5 Å². The summed E-state index contributed by atoms with van der Waals surface area (Å²) in [5.41, 5.74) is 13.2. The van der Waals surface area contributed by atoms with Crippen LogP contribution in [0, 0.1) is 6.92 Å². The van der Waals surface area contributed by atoms with Crippen LogP contribution in [0.15, 0.2) is 40.8 Å². The van der Waals surface area contributed by atoms with Crippen molar-refractivity contribution in [2.75, 3.05) is 11.5 Å². The van der Waals surface area contributed by atoms with E-state index >= 15 is 0 Å². The normalized spacial score (nSPS) is 11.5. The number of fused-ring (bicyclic) bond motifs is 1. The van der Waals surface area contributed by atoms with Gasteiger partial charge in [0.1, 0.15) is 11.5 Å². The van der Waals surface area contributed by atoms with Crippen LogP contribution in [-0.2, 0) is 0 Å². The zero-order valence-corrected chi connectivity index (χ0v) is 14.3. The topological polar surface area (TPSA) is 93.6 Å². The molecule has 2 aromatic rings. The Kier molecular flexibility index (Phi) is 6.72. The van der Waals surface area contributed by atoms with Crippen LogP contribution < -0.4 is 11.5 Å². The fraction of sp³-hybridized carbons (Fsp3) is 0.250. The molecule has 0 radical (unpaired) electrons. The summed E-state index contributed by atoms with van der Waals surface area (Å²) in [6, 6.07) is 0. The maximum atomic E-state index is 5.91. The molecular formula is C16H23N5S. The summed E-state index contributed by atoms with van der Waals surface area (Å²) >= 11 is 1.57. The fourth-order valence-electron chi connectivity index (χ4n) is 1.83. The van der Waals surface area contributed by atoms with Crippen LogP contribution in [0.5, 0.6) is 0 Å². The van der Waals surface area contributed by atoms with Gasteiger partial charge >= 0.3 is 0 Å². The van der Waals surface area contributed by atoms with E-state index in [1.54, 1.807) is 17.8 Å². The number of allylic oxidation sites excluding steroid dienone is 4. The summed E-state index contributed by atoms with van der Waals surface area (Å²) in [5.74, 6) is 0.562. The van der Waals surface area contributed by atoms with Crippen molar-refractivity contribution in [1.29, 1.82) is 0 Å². The summed E-state index contributed by atoms with van der Waals surface area (Å²) < 4.78 is 0. The summed E-state index contributed by atoms with van der Waals surface area (Å²) in [4.78, 5) is 12.4. The predicted octanol–water partition coefficient (Wildman–Crippen LogP) is 4.20. The van der Waals surface area contributed by atoms with Gasteiger partial charge in [-0.25, -0.2) is 0 Å². The molecule has 5 N–H and O–H groups in total. The van der Waals surface area contributed by atoms with Crippen LogP contribution in [0.25, 0.3) is 11.0 Å². The summed E-state index contributed by atoms with van der Waals surface area (Å²) in [6.07, 6.45) is 7.73. The lowest BCUT2D eigenvalue weighted by Crippen LogP contribution is -1.99. The molecule has 0 atom stereocenters. The van der Waals surface area contributed by atoms with Crippen molar-refractivity contribution in [3.05, 3.63) is 41.4 Å². The molecule has 2 aromatic heterocycles. The van der Waals surface area contributed by atoms with E-state index in [0.717, 1.165) is 20.9 Å². The van der Waals surface area contributed by atoms with Crippen molar-refractivity contribution in [2.45, 2.75) is 32.7 Å². The summed E-state index contributed by atoms with van der Waals surface area (Å²) in [6.45, 7) is 11.8. The number of aromatic amines is 1. The van der Waals surface area contributed by atoms with Crippen molar-refractivity contribution >= 4 is 34.6 Å². The van der Waals surface area contributed by atoms with Gasteiger partial charge in [-0.05, 0) is 25.5 Å². The van der Waals surface area contributed by atoms with Crippen LogP contribution in [0.2, 0.25) is 0 Å². The number of hydrogen-bond donors (Lipinski definition) is 3. The van der Waals surface area contributed by atoms with E-state index in [9.17, 15) is 0 Å². The van der Waals surface area contributed by atoms with E-state index in [1.807, 2.05) is 45.9 Å². The SMILES string of the molecule is C=C/C(=C\C=C/C)Sc1[nH]c2nc(N)nc(N)c2c1C.CC. The third-order valence-electron chi connectivity index (χ3n) is 2.78. The van der Waals surface area contributed by atoms with Gasteiger partial charge in [-0.1, -0.05) is 50.4 Å². The lowest BCUT2D eigenvalue weighted by Gasteiger charge is -2.00. The lowest BCUT2D eigenvalue weighted by atomic mass is 10.2. The van der Waals surface area contributed by atoms with Crippen LogP contribution in [-0.4, -0.2) is 15.0 Å². The zero-order chi connectivity index (χ0) is 16.7. The van der Waals surface area contributed by atoms with Crippen molar-refractivity contribution in [3.63, 3.8) is 0 Å². The van der Waals surface area contributed by atoms with E-state index in [-0.39, 0.29) is 5.95 Å². The van der Waals surface area contributed by atoms with Gasteiger partial charge in [0.15, 0.2) is 0 Å². The lowest BCUT2D eigenvalue weighted by molar-refractivity contribution is 1.16. The van der Waals surface area contributed by atoms with Crippen LogP contribution in [0.4, 0.5) is 11.8 Å². The zero-order valence-electron chi connectivity index (χ0n) is 13.5. The molecule has 0 unspecified atom stereocenters. The first-order chi connectivity index (χ1) is 10.6. The number of nitrogen functional groups attached to an aromatic ring is 2. The van der Waals surface area contributed by atoms with Crippen molar-refractivity contribution in [1.82, 2.24) is 15.0 Å². The minimum absolute atomic E-state index is 0.168. The minimum Gasteiger partial charge on any atom is -0.383 e. The van der Waals surface area contributed by atoms with E-state index in [2.05, 4.69) is 21.5 Å². The molecule has 118 valence electrons. The van der Waals surface area contributed by atoms with E-state index < -0.39 is 0 Å². The van der Waals surface area contributed by atoms with Gasteiger partial charge in [0.2, 0.25) is 5.95 Å². The average Bonchev–Trinajstić information content (AvgIpc) is 2.81. The predicted molar refractivity (Wildman–Crippen MR) is 97.7 cm³/mol. The summed E-state index contributed by atoms with van der Waals surface area (Å²) in [7, 11) is 0. The molecule has 0 aliphatic carbocycles. The first-order valence-electron chi connectivity index (χ1n) is 7.11. The van der Waals surface area contributed by atoms with Gasteiger partial charge in [0.25, 0.3) is 0 Å². The molecule has 22 heavy (non-hydrogen) atoms. The first kappa shape index (κ1) is 17.8. The maximum absolute atomic E-state index is 5.91. The quantitative estimate of drug-likeness (QED) is 0.580. The molecule has 2 heterocycles. The molecule has 0 aliphatic heterocycles. The number of nitrogens with zero attached hydrogens (tertiary/aromatic N) is 2. The Morgan fingerprint density at radius 2 is 1.95 bits per heavy atom. The second-order valence-electron chi connectivity index (χ2n) is 4.17. The van der Waals surface area contributed by atoms with E-state index in [4.69, 9.17) is 11.5 Å². The fourth-order valence-corrected chi connectivity index (χ4v) is 2.69. The van der Waals surface area contributed by atoms with Crippen molar-refractivity contribution in [2.24, 2.45) is 0 Å². The number of rotatable bonds is 4. The minimum atomic E-state index is 0.168. The molecule has 5 nitrogen and oxygen atoms in total. The Balaban J connectivity index is 0.00000116. The molecule has 2 rings (SSSR count). The Morgan fingerprint density at radius 1 is 1.27 bits per heavy atom. The number of H-pyrrole nitrogens is 1. The second kappa shape index (κ2) is 8.29. The molecule has 0 fully saturated rings. The number of hydrogen-bond acceptors (Lipinski definition) is 5. The molecule has 0 spiro atoms. The molecule has 6 heteroatoms. The van der Waals surface area contributed by atoms with E-state index in [1.165, 1.54) is 0 Å².